The minimum atomic E-state index is 0.419. The van der Waals surface area contributed by atoms with E-state index in [2.05, 4.69) is 68.4 Å². The number of rotatable bonds is 7. The van der Waals surface area contributed by atoms with Gasteiger partial charge in [0.05, 0.1) is 6.61 Å². The van der Waals surface area contributed by atoms with Gasteiger partial charge in [-0.05, 0) is 53.3 Å². The highest BCUT2D eigenvalue weighted by molar-refractivity contribution is 14.1. The molecule has 7 nitrogen and oxygen atoms in total. The number of ether oxygens (including phenoxy) is 1. The first kappa shape index (κ1) is 19.7. The lowest BCUT2D eigenvalue weighted by molar-refractivity contribution is 0.356. The Morgan fingerprint density at radius 2 is 2.21 bits per heavy atom. The van der Waals surface area contributed by atoms with Gasteiger partial charge < -0.3 is 20.4 Å². The van der Waals surface area contributed by atoms with Crippen LogP contribution in [0, 0.1) is 3.57 Å². The van der Waals surface area contributed by atoms with Crippen molar-refractivity contribution < 1.29 is 4.74 Å². The maximum Gasteiger partial charge on any atom is 0.175 e. The third-order valence-electron chi connectivity index (χ3n) is 4.58. The van der Waals surface area contributed by atoms with Gasteiger partial charge in [-0.2, -0.15) is 0 Å². The molecule has 1 aromatic carbocycles. The number of nitrogens with zero attached hydrogens (tertiary/aromatic N) is 4. The molecule has 0 unspecified atom stereocenters. The molecule has 0 fully saturated rings. The lowest BCUT2D eigenvalue weighted by Gasteiger charge is -2.11. The highest BCUT2D eigenvalue weighted by atomic mass is 131. The number of anilines is 1. The second kappa shape index (κ2) is 8.42. The quantitative estimate of drug-likeness (QED) is 0.369. The molecule has 9 heteroatoms. The maximum atomic E-state index is 6.06. The monoisotopic (exact) mass is 513 g/mol. The molecule has 28 heavy (non-hydrogen) atoms. The zero-order valence-corrected chi connectivity index (χ0v) is 18.9. The molecule has 148 valence electrons. The van der Waals surface area contributed by atoms with Crippen molar-refractivity contribution in [3.8, 4) is 5.75 Å². The van der Waals surface area contributed by atoms with Crippen molar-refractivity contribution in [3.05, 3.63) is 27.6 Å². The van der Waals surface area contributed by atoms with Crippen molar-refractivity contribution in [1.82, 2.24) is 24.8 Å². The lowest BCUT2D eigenvalue weighted by atomic mass is 10.2. The normalized spacial score (nSPS) is 13.3. The van der Waals surface area contributed by atoms with Gasteiger partial charge in [-0.1, -0.05) is 25.6 Å². The zero-order chi connectivity index (χ0) is 19.7. The van der Waals surface area contributed by atoms with Gasteiger partial charge >= 0.3 is 0 Å². The van der Waals surface area contributed by atoms with E-state index in [1.165, 1.54) is 16.8 Å². The van der Waals surface area contributed by atoms with Gasteiger partial charge in [-0.3, -0.25) is 0 Å². The summed E-state index contributed by atoms with van der Waals surface area (Å²) in [5.41, 5.74) is 8.78. The number of benzene rings is 1. The molecule has 0 aliphatic carbocycles. The summed E-state index contributed by atoms with van der Waals surface area (Å²) in [7, 11) is 0. The van der Waals surface area contributed by atoms with Crippen LogP contribution < -0.4 is 15.8 Å². The number of halogens is 1. The van der Waals surface area contributed by atoms with Crippen LogP contribution in [0.3, 0.4) is 0 Å². The molecule has 3 N–H and O–H groups in total. The van der Waals surface area contributed by atoms with Crippen LogP contribution in [0.15, 0.2) is 28.5 Å². The summed E-state index contributed by atoms with van der Waals surface area (Å²) in [6, 6.07) is 4.80. The van der Waals surface area contributed by atoms with E-state index in [1.54, 1.807) is 11.8 Å². The topological polar surface area (TPSA) is 90.9 Å². The number of aryl methyl sites for hydroxylation is 1. The molecule has 3 aromatic rings. The molecular weight excluding hydrogens is 490 g/mol. The van der Waals surface area contributed by atoms with E-state index < -0.39 is 0 Å². The van der Waals surface area contributed by atoms with Gasteiger partial charge in [0, 0.05) is 27.5 Å². The number of nitrogens with one attached hydrogen (secondary N) is 1. The molecular formula is C19H23IN6OS. The maximum absolute atomic E-state index is 6.06. The first-order valence-corrected chi connectivity index (χ1v) is 11.3. The van der Waals surface area contributed by atoms with E-state index in [4.69, 9.17) is 15.5 Å². The summed E-state index contributed by atoms with van der Waals surface area (Å²) in [6.07, 6.45) is 3.44. The first-order valence-electron chi connectivity index (χ1n) is 9.36. The van der Waals surface area contributed by atoms with E-state index >= 15 is 0 Å². The van der Waals surface area contributed by atoms with Gasteiger partial charge in [0.25, 0.3) is 0 Å². The minimum Gasteiger partial charge on any atom is -0.493 e. The van der Waals surface area contributed by atoms with Crippen LogP contribution in [0.25, 0.3) is 11.2 Å². The van der Waals surface area contributed by atoms with Crippen LogP contribution >= 0.6 is 34.4 Å². The van der Waals surface area contributed by atoms with Crippen molar-refractivity contribution in [2.24, 2.45) is 0 Å². The van der Waals surface area contributed by atoms with E-state index in [9.17, 15) is 0 Å². The Labute approximate surface area is 182 Å². The summed E-state index contributed by atoms with van der Waals surface area (Å²) < 4.78 is 8.99. The molecule has 4 rings (SSSR count). The molecule has 0 saturated carbocycles. The third-order valence-corrected chi connectivity index (χ3v) is 6.89. The molecule has 3 heterocycles. The van der Waals surface area contributed by atoms with Crippen molar-refractivity contribution in [3.63, 3.8) is 0 Å². The smallest absolute Gasteiger partial charge is 0.175 e. The van der Waals surface area contributed by atoms with Gasteiger partial charge in [-0.15, -0.1) is 0 Å². The molecule has 1 aliphatic rings. The number of aromatic nitrogens is 4. The largest absolute Gasteiger partial charge is 0.493 e. The van der Waals surface area contributed by atoms with Crippen molar-refractivity contribution in [2.45, 2.75) is 49.3 Å². The Hall–Kier alpha value is -1.59. The van der Waals surface area contributed by atoms with Crippen LogP contribution in [0.5, 0.6) is 5.75 Å². The van der Waals surface area contributed by atoms with Crippen molar-refractivity contribution in [1.29, 1.82) is 0 Å². The molecule has 0 bridgehead atoms. The van der Waals surface area contributed by atoms with E-state index in [0.717, 1.165) is 52.7 Å². The van der Waals surface area contributed by atoms with Gasteiger partial charge in [0.2, 0.25) is 0 Å². The van der Waals surface area contributed by atoms with Crippen molar-refractivity contribution >= 4 is 51.3 Å². The second-order valence-electron chi connectivity index (χ2n) is 7.03. The van der Waals surface area contributed by atoms with Gasteiger partial charge in [0.15, 0.2) is 22.1 Å². The molecule has 0 radical (unpaired) electrons. The highest BCUT2D eigenvalue weighted by Crippen LogP contribution is 2.38. The Morgan fingerprint density at radius 1 is 1.36 bits per heavy atom. The number of fused-ring (bicyclic) bond motifs is 2. The fourth-order valence-corrected chi connectivity index (χ4v) is 4.94. The summed E-state index contributed by atoms with van der Waals surface area (Å²) in [6.45, 7) is 6.82. The van der Waals surface area contributed by atoms with Crippen LogP contribution in [0.1, 0.15) is 25.8 Å². The summed E-state index contributed by atoms with van der Waals surface area (Å²) in [5, 5.41) is 4.35. The average Bonchev–Trinajstić information content (AvgIpc) is 3.24. The zero-order valence-electron chi connectivity index (χ0n) is 15.9. The first-order chi connectivity index (χ1) is 13.5. The number of hydrogen-bond donors (Lipinski definition) is 2. The Balaban J connectivity index is 1.66. The molecule has 0 spiro atoms. The van der Waals surface area contributed by atoms with Crippen LogP contribution in [-0.4, -0.2) is 38.7 Å². The number of imidazole rings is 1. The Morgan fingerprint density at radius 3 is 3.04 bits per heavy atom. The molecule has 0 atom stereocenters. The number of nitrogen functional groups attached to an aromatic ring is 1. The summed E-state index contributed by atoms with van der Waals surface area (Å²) >= 11 is 4.01. The van der Waals surface area contributed by atoms with Gasteiger partial charge in [0.1, 0.15) is 12.1 Å². The molecule has 0 amide bonds. The fraction of sp³-hybridized carbons (Fsp3) is 0.421. The predicted octanol–water partition coefficient (Wildman–Crippen LogP) is 3.49. The van der Waals surface area contributed by atoms with E-state index in [-0.39, 0.29) is 0 Å². The average molecular weight is 513 g/mol. The lowest BCUT2D eigenvalue weighted by Crippen LogP contribution is -2.24. The fourth-order valence-electron chi connectivity index (χ4n) is 3.20. The van der Waals surface area contributed by atoms with Crippen LogP contribution in [-0.2, 0) is 13.0 Å². The highest BCUT2D eigenvalue weighted by Gasteiger charge is 2.20. The van der Waals surface area contributed by atoms with E-state index in [1.807, 2.05) is 0 Å². The van der Waals surface area contributed by atoms with Crippen LogP contribution in [0.4, 0.5) is 5.82 Å². The molecule has 0 saturated heterocycles. The SMILES string of the molecule is CC(C)[13NH]CCCn1c(Sc2cc3c(cc2[131I])OCC3)nc2c(N)ncnc21. The number of hydrogen-bond acceptors (Lipinski definition) is 7. The van der Waals surface area contributed by atoms with Crippen molar-refractivity contribution in [2.75, 3.05) is 18.9 Å². The standard InChI is InChI=1S/C19H23IN6OS/c1-11(2)22-5-3-6-26-18-16(17(21)23-10-24-18)25-19(26)28-15-8-12-4-7-27-14(12)9-13(15)20/h8-11,22H,3-7H2,1-2H3,(H2,21,23,24)/i20+4,22-1. The summed E-state index contributed by atoms with van der Waals surface area (Å²) in [5.74, 6) is 1.42. The molecule has 2 aromatic heterocycles. The van der Waals surface area contributed by atoms with Crippen LogP contribution in [0.2, 0.25) is 0 Å². The van der Waals surface area contributed by atoms with Gasteiger partial charge in [-0.25, -0.2) is 15.0 Å². The second-order valence-corrected chi connectivity index (χ2v) is 9.20. The summed E-state index contributed by atoms with van der Waals surface area (Å²) in [4.78, 5) is 14.5. The third kappa shape index (κ3) is 4.06. The minimum absolute atomic E-state index is 0.419. The predicted molar refractivity (Wildman–Crippen MR) is 120 cm³/mol. The Kier molecular flexibility index (Phi) is 5.93. The van der Waals surface area contributed by atoms with E-state index in [0.29, 0.717) is 17.4 Å². The number of nitrogens with two attached hydrogens (primary N) is 1. The Bertz CT molecular complexity index is 1010. The molecule has 1 aliphatic heterocycles.